The van der Waals surface area contributed by atoms with E-state index in [9.17, 15) is 9.90 Å². The van der Waals surface area contributed by atoms with E-state index >= 15 is 0 Å². The Hall–Kier alpha value is -4.41. The third-order valence-corrected chi connectivity index (χ3v) is 13.7. The summed E-state index contributed by atoms with van der Waals surface area (Å²) >= 11 is 0. The molecule has 1 saturated heterocycles. The monoisotopic (exact) mass is 771 g/mol. The van der Waals surface area contributed by atoms with Gasteiger partial charge in [-0.25, -0.2) is 4.79 Å². The van der Waals surface area contributed by atoms with Crippen molar-refractivity contribution in [1.82, 2.24) is 15.5 Å². The van der Waals surface area contributed by atoms with Gasteiger partial charge in [0.05, 0.1) is 33.0 Å². The van der Waals surface area contributed by atoms with Gasteiger partial charge in [0, 0.05) is 43.2 Å². The molecule has 4 aromatic rings. The van der Waals surface area contributed by atoms with Crippen molar-refractivity contribution < 1.29 is 28.8 Å². The molecule has 2 amide bonds. The first-order chi connectivity index (χ1) is 27.8. The van der Waals surface area contributed by atoms with Crippen LogP contribution in [0.3, 0.4) is 0 Å². The fraction of sp³-hybridized carbons (Fsp3) is 0.479. The summed E-state index contributed by atoms with van der Waals surface area (Å²) in [7, 11) is 3.37. The summed E-state index contributed by atoms with van der Waals surface area (Å²) in [5, 5.41) is 16.3. The highest BCUT2D eigenvalue weighted by Crippen LogP contribution is 2.55. The summed E-state index contributed by atoms with van der Waals surface area (Å²) < 4.78 is 24.9. The number of nitrogens with one attached hydrogen (secondary N) is 2. The maximum Gasteiger partial charge on any atom is 0.315 e. The van der Waals surface area contributed by atoms with Gasteiger partial charge in [0.1, 0.15) is 0 Å². The van der Waals surface area contributed by atoms with Crippen molar-refractivity contribution in [2.45, 2.75) is 95.6 Å². The quantitative estimate of drug-likeness (QED) is 0.141. The summed E-state index contributed by atoms with van der Waals surface area (Å²) in [5.41, 5.74) is 8.73. The summed E-state index contributed by atoms with van der Waals surface area (Å²) in [6.07, 6.45) is 7.62. The van der Waals surface area contributed by atoms with Crippen LogP contribution < -0.4 is 20.1 Å². The molecule has 57 heavy (non-hydrogen) atoms. The Balaban J connectivity index is 0.881. The SMILES string of the molecule is COc1cc2c(cc1OC)CN(C[C@H]1O[C@@H](c3ccc(-c4cccc(CNC(=O)NC56CC7CC(CC(C7)C5)C6)c4)cc3)O[C@@H](c3ccc(CO)cc3)[C@H]1C)CC2. The van der Waals surface area contributed by atoms with Crippen LogP contribution >= 0.6 is 0 Å². The highest BCUT2D eigenvalue weighted by Gasteiger charge is 2.51. The number of hydrogen-bond acceptors (Lipinski definition) is 7. The average Bonchev–Trinajstić information content (AvgIpc) is 3.22. The standard InChI is InChI=1S/C48H57N3O6/c1-30-44(28-51-16-15-40-21-42(54-2)43(55-3)22-41(40)27-51)56-46(57-45(30)37-9-7-31(29-52)8-10-37)38-13-11-36(12-14-38)39-6-4-5-32(20-39)26-49-47(53)50-48-23-33-17-34(24-48)19-35(18-33)25-48/h4-14,20-22,30,33-35,44-46,52H,15-19,23-29H2,1-3H3,(H2,49,50,53)/t30-,33?,34?,35?,44+,45+,46+,48?/m0/s1. The van der Waals surface area contributed by atoms with Crippen LogP contribution in [0.1, 0.15) is 91.2 Å². The number of aliphatic hydroxyl groups is 1. The minimum atomic E-state index is -0.549. The van der Waals surface area contributed by atoms with Crippen LogP contribution in [0.5, 0.6) is 11.5 Å². The van der Waals surface area contributed by atoms with Crippen molar-refractivity contribution in [1.29, 1.82) is 0 Å². The van der Waals surface area contributed by atoms with Crippen LogP contribution in [0.25, 0.3) is 11.1 Å². The predicted molar refractivity (Wildman–Crippen MR) is 220 cm³/mol. The normalized spacial score (nSPS) is 29.1. The number of carbonyl (C=O) groups is 1. The molecule has 4 saturated carbocycles. The summed E-state index contributed by atoms with van der Waals surface area (Å²) in [5.74, 6) is 3.98. The van der Waals surface area contributed by atoms with Gasteiger partial charge in [-0.2, -0.15) is 0 Å². The number of carbonyl (C=O) groups excluding carboxylic acids is 1. The number of aliphatic hydroxyl groups excluding tert-OH is 1. The van der Waals surface area contributed by atoms with E-state index in [0.717, 1.165) is 108 Å². The molecule has 5 fully saturated rings. The molecule has 3 N–H and O–H groups in total. The lowest BCUT2D eigenvalue weighted by Gasteiger charge is -2.56. The van der Waals surface area contributed by atoms with Gasteiger partial charge in [0.15, 0.2) is 17.8 Å². The zero-order valence-corrected chi connectivity index (χ0v) is 33.5. The third kappa shape index (κ3) is 8.04. The Morgan fingerprint density at radius 3 is 2.14 bits per heavy atom. The molecule has 9 heteroatoms. The van der Waals surface area contributed by atoms with E-state index in [0.29, 0.717) is 6.54 Å². The second-order valence-electron chi connectivity index (χ2n) is 17.6. The lowest BCUT2D eigenvalue weighted by molar-refractivity contribution is -0.276. The van der Waals surface area contributed by atoms with Crippen molar-refractivity contribution in [3.05, 3.63) is 118 Å². The van der Waals surface area contributed by atoms with Gasteiger partial charge < -0.3 is 34.7 Å². The topological polar surface area (TPSA) is 102 Å². The van der Waals surface area contributed by atoms with Crippen LogP contribution in [0.4, 0.5) is 4.79 Å². The summed E-state index contributed by atoms with van der Waals surface area (Å²) in [6, 6.07) is 29.2. The summed E-state index contributed by atoms with van der Waals surface area (Å²) in [6.45, 7) is 5.20. The molecule has 0 spiro atoms. The lowest BCUT2D eigenvalue weighted by Crippen LogP contribution is -2.61. The molecule has 4 atom stereocenters. The minimum Gasteiger partial charge on any atom is -0.493 e. The molecule has 9 nitrogen and oxygen atoms in total. The Morgan fingerprint density at radius 1 is 0.807 bits per heavy atom. The molecular weight excluding hydrogens is 715 g/mol. The van der Waals surface area contributed by atoms with Crippen LogP contribution in [0, 0.1) is 23.7 Å². The molecule has 2 heterocycles. The van der Waals surface area contributed by atoms with Gasteiger partial charge in [-0.3, -0.25) is 4.90 Å². The number of methoxy groups -OCH3 is 2. The van der Waals surface area contributed by atoms with Crippen molar-refractivity contribution in [3.63, 3.8) is 0 Å². The van der Waals surface area contributed by atoms with Crippen molar-refractivity contribution in [3.8, 4) is 22.6 Å². The average molecular weight is 772 g/mol. The van der Waals surface area contributed by atoms with Gasteiger partial charge in [-0.1, -0.05) is 73.7 Å². The van der Waals surface area contributed by atoms with Crippen molar-refractivity contribution >= 4 is 6.03 Å². The van der Waals surface area contributed by atoms with E-state index in [1.54, 1.807) is 14.2 Å². The zero-order chi connectivity index (χ0) is 39.1. The van der Waals surface area contributed by atoms with Crippen LogP contribution in [-0.2, 0) is 35.6 Å². The number of rotatable bonds is 11. The Morgan fingerprint density at radius 2 is 1.47 bits per heavy atom. The van der Waals surface area contributed by atoms with Crippen molar-refractivity contribution in [2.75, 3.05) is 27.3 Å². The van der Waals surface area contributed by atoms with Gasteiger partial charge in [-0.05, 0) is 120 Å². The number of benzene rings is 4. The third-order valence-electron chi connectivity index (χ3n) is 13.7. The first-order valence-corrected chi connectivity index (χ1v) is 21.0. The molecule has 4 bridgehead atoms. The number of amides is 2. The second kappa shape index (κ2) is 16.1. The number of nitrogens with zero attached hydrogens (tertiary/aromatic N) is 1. The molecule has 6 aliphatic rings. The Bertz CT molecular complexity index is 2020. The highest BCUT2D eigenvalue weighted by molar-refractivity contribution is 5.75. The maximum absolute atomic E-state index is 13.2. The Kier molecular flexibility index (Phi) is 10.8. The number of urea groups is 1. The van der Waals surface area contributed by atoms with Gasteiger partial charge in [0.2, 0.25) is 0 Å². The van der Waals surface area contributed by atoms with Crippen molar-refractivity contribution in [2.24, 2.45) is 23.7 Å². The van der Waals surface area contributed by atoms with Crippen LogP contribution in [-0.4, -0.2) is 55.0 Å². The molecule has 300 valence electrons. The van der Waals surface area contributed by atoms with Crippen LogP contribution in [0.2, 0.25) is 0 Å². The molecule has 4 aliphatic carbocycles. The molecular formula is C48H57N3O6. The first kappa shape index (κ1) is 38.1. The predicted octanol–water partition coefficient (Wildman–Crippen LogP) is 8.48. The van der Waals surface area contributed by atoms with Gasteiger partial charge >= 0.3 is 6.03 Å². The first-order valence-electron chi connectivity index (χ1n) is 21.0. The minimum absolute atomic E-state index is 0.000324. The second-order valence-corrected chi connectivity index (χ2v) is 17.6. The van der Waals surface area contributed by atoms with Crippen LogP contribution in [0.15, 0.2) is 84.9 Å². The fourth-order valence-electron chi connectivity index (χ4n) is 11.1. The van der Waals surface area contributed by atoms with E-state index in [1.165, 1.54) is 30.4 Å². The fourth-order valence-corrected chi connectivity index (χ4v) is 11.1. The highest BCUT2D eigenvalue weighted by atomic mass is 16.7. The number of fused-ring (bicyclic) bond motifs is 1. The lowest BCUT2D eigenvalue weighted by atomic mass is 9.53. The number of hydrogen-bond donors (Lipinski definition) is 3. The molecule has 4 aromatic carbocycles. The van der Waals surface area contributed by atoms with Gasteiger partial charge in [-0.15, -0.1) is 0 Å². The van der Waals surface area contributed by atoms with E-state index in [-0.39, 0.29) is 36.3 Å². The number of ether oxygens (including phenoxy) is 4. The van der Waals surface area contributed by atoms with Gasteiger partial charge in [0.25, 0.3) is 0 Å². The van der Waals surface area contributed by atoms with E-state index < -0.39 is 6.29 Å². The molecule has 0 radical (unpaired) electrons. The van der Waals surface area contributed by atoms with E-state index in [2.05, 4.69) is 95.3 Å². The molecule has 0 aromatic heterocycles. The maximum atomic E-state index is 13.2. The van der Waals surface area contributed by atoms with E-state index in [4.69, 9.17) is 18.9 Å². The summed E-state index contributed by atoms with van der Waals surface area (Å²) in [4.78, 5) is 15.6. The smallest absolute Gasteiger partial charge is 0.315 e. The molecule has 2 aliphatic heterocycles. The molecule has 0 unspecified atom stereocenters. The van der Waals surface area contributed by atoms with E-state index in [1.807, 2.05) is 12.1 Å². The largest absolute Gasteiger partial charge is 0.493 e. The molecule has 10 rings (SSSR count). The Labute approximate surface area is 337 Å². The zero-order valence-electron chi connectivity index (χ0n) is 33.5.